The van der Waals surface area contributed by atoms with Crippen LogP contribution < -0.4 is 5.32 Å². The highest BCUT2D eigenvalue weighted by molar-refractivity contribution is 7.16. The van der Waals surface area contributed by atoms with Gasteiger partial charge in [-0.05, 0) is 30.7 Å². The summed E-state index contributed by atoms with van der Waals surface area (Å²) in [4.78, 5) is 37.1. The van der Waals surface area contributed by atoms with Gasteiger partial charge in [0.05, 0.1) is 24.5 Å². The molecule has 1 aromatic heterocycles. The van der Waals surface area contributed by atoms with E-state index in [-0.39, 0.29) is 17.7 Å². The van der Waals surface area contributed by atoms with E-state index < -0.39 is 23.8 Å². The molecule has 0 saturated heterocycles. The van der Waals surface area contributed by atoms with Crippen LogP contribution in [0.1, 0.15) is 28.6 Å². The van der Waals surface area contributed by atoms with Crippen LogP contribution >= 0.6 is 11.3 Å². The predicted octanol–water partition coefficient (Wildman–Crippen LogP) is 2.56. The average Bonchev–Trinajstić information content (AvgIpc) is 3.27. The molecule has 2 aliphatic rings. The third-order valence-corrected chi connectivity index (χ3v) is 6.02. The number of fused-ring (bicyclic) bond motifs is 2. The number of anilines is 1. The zero-order valence-electron chi connectivity index (χ0n) is 13.4. The highest BCUT2D eigenvalue weighted by Gasteiger charge is 2.51. The van der Waals surface area contributed by atoms with Crippen LogP contribution in [0.15, 0.2) is 18.2 Å². The van der Waals surface area contributed by atoms with E-state index in [1.54, 1.807) is 6.07 Å². The molecule has 1 aromatic rings. The number of carbonyl (C=O) groups is 3. The van der Waals surface area contributed by atoms with Gasteiger partial charge in [-0.15, -0.1) is 11.3 Å². The number of aliphatic carboxylic acids is 1. The largest absolute Gasteiger partial charge is 0.481 e. The standard InChI is InChI=1S/C17H19NO5S/c1-3-10-7-11(17(22)23-2)15(24-10)18-14(19)12-8-4-5-9(6-8)13(12)16(20)21/h4-5,7-9,12-13H,3,6H2,1-2H3,(H,18,19)(H,20,21)/t8-,9-,12+,13+/m0/s1. The minimum Gasteiger partial charge on any atom is -0.481 e. The number of allylic oxidation sites excluding steroid dienone is 2. The van der Waals surface area contributed by atoms with Gasteiger partial charge in [0.25, 0.3) is 0 Å². The SMILES string of the molecule is CCc1cc(C(=O)OC)c(NC(=O)[C@H]2[C@H](C(=O)O)[C@H]3C=C[C@H]2C3)s1. The Hall–Kier alpha value is -2.15. The van der Waals surface area contributed by atoms with Crippen LogP contribution in [0.2, 0.25) is 0 Å². The lowest BCUT2D eigenvalue weighted by molar-refractivity contribution is -0.146. The first-order valence-electron chi connectivity index (χ1n) is 7.89. The van der Waals surface area contributed by atoms with Crippen molar-refractivity contribution in [3.8, 4) is 0 Å². The van der Waals surface area contributed by atoms with Crippen LogP contribution in [-0.4, -0.2) is 30.1 Å². The third kappa shape index (κ3) is 2.73. The van der Waals surface area contributed by atoms with Crippen molar-refractivity contribution in [1.82, 2.24) is 0 Å². The van der Waals surface area contributed by atoms with Crippen molar-refractivity contribution in [3.05, 3.63) is 28.7 Å². The lowest BCUT2D eigenvalue weighted by Gasteiger charge is -2.23. The Labute approximate surface area is 143 Å². The Bertz CT molecular complexity index is 723. The Morgan fingerprint density at radius 1 is 1.29 bits per heavy atom. The van der Waals surface area contributed by atoms with E-state index in [1.807, 2.05) is 19.1 Å². The number of carbonyl (C=O) groups excluding carboxylic acids is 2. The number of esters is 1. The number of methoxy groups -OCH3 is 1. The molecule has 0 aliphatic heterocycles. The summed E-state index contributed by atoms with van der Waals surface area (Å²) in [5.41, 5.74) is 0.318. The fourth-order valence-corrected chi connectivity index (χ4v) is 4.67. The number of ether oxygens (including phenoxy) is 1. The molecule has 1 amide bonds. The molecular formula is C17H19NO5S. The lowest BCUT2D eigenvalue weighted by Crippen LogP contribution is -2.36. The van der Waals surface area contributed by atoms with Crippen LogP contribution in [0.5, 0.6) is 0 Å². The molecule has 0 unspecified atom stereocenters. The number of aryl methyl sites for hydroxylation is 1. The van der Waals surface area contributed by atoms with Crippen LogP contribution in [0.4, 0.5) is 5.00 Å². The van der Waals surface area contributed by atoms with E-state index in [1.165, 1.54) is 18.4 Å². The molecule has 1 saturated carbocycles. The summed E-state index contributed by atoms with van der Waals surface area (Å²) in [6, 6.07) is 1.71. The number of nitrogens with one attached hydrogen (secondary N) is 1. The normalized spacial score (nSPS) is 27.2. The van der Waals surface area contributed by atoms with E-state index >= 15 is 0 Å². The molecule has 4 atom stereocenters. The molecule has 2 N–H and O–H groups in total. The highest BCUT2D eigenvalue weighted by Crippen LogP contribution is 2.48. The molecule has 128 valence electrons. The Morgan fingerprint density at radius 2 is 1.96 bits per heavy atom. The Morgan fingerprint density at radius 3 is 2.54 bits per heavy atom. The fourth-order valence-electron chi connectivity index (χ4n) is 3.68. The number of thiophene rings is 1. The quantitative estimate of drug-likeness (QED) is 0.629. The molecule has 2 aliphatic carbocycles. The minimum atomic E-state index is -0.944. The average molecular weight is 349 g/mol. The number of hydrogen-bond donors (Lipinski definition) is 2. The van der Waals surface area contributed by atoms with Crippen molar-refractivity contribution in [3.63, 3.8) is 0 Å². The van der Waals surface area contributed by atoms with Gasteiger partial charge in [-0.1, -0.05) is 19.1 Å². The summed E-state index contributed by atoms with van der Waals surface area (Å²) in [7, 11) is 1.29. The van der Waals surface area contributed by atoms with Gasteiger partial charge in [-0.3, -0.25) is 9.59 Å². The maximum atomic E-state index is 12.7. The third-order valence-electron chi connectivity index (χ3n) is 4.82. The second kappa shape index (κ2) is 6.39. The molecule has 0 radical (unpaired) electrons. The van der Waals surface area contributed by atoms with Crippen molar-refractivity contribution in [2.24, 2.45) is 23.7 Å². The van der Waals surface area contributed by atoms with E-state index in [0.29, 0.717) is 17.0 Å². The van der Waals surface area contributed by atoms with Crippen LogP contribution in [0, 0.1) is 23.7 Å². The van der Waals surface area contributed by atoms with Crippen molar-refractivity contribution in [2.75, 3.05) is 12.4 Å². The van der Waals surface area contributed by atoms with Gasteiger partial charge < -0.3 is 15.2 Å². The summed E-state index contributed by atoms with van der Waals surface area (Å²) in [6.07, 6.45) is 5.26. The van der Waals surface area contributed by atoms with Gasteiger partial charge >= 0.3 is 11.9 Å². The van der Waals surface area contributed by atoms with Crippen LogP contribution in [0.25, 0.3) is 0 Å². The topological polar surface area (TPSA) is 92.7 Å². The van der Waals surface area contributed by atoms with Gasteiger partial charge in [-0.2, -0.15) is 0 Å². The number of amides is 1. The van der Waals surface area contributed by atoms with E-state index in [4.69, 9.17) is 4.74 Å². The smallest absolute Gasteiger partial charge is 0.340 e. The summed E-state index contributed by atoms with van der Waals surface area (Å²) in [5, 5.41) is 12.7. The van der Waals surface area contributed by atoms with Crippen molar-refractivity contribution in [2.45, 2.75) is 19.8 Å². The molecule has 24 heavy (non-hydrogen) atoms. The first-order chi connectivity index (χ1) is 11.5. The monoisotopic (exact) mass is 349 g/mol. The summed E-state index contributed by atoms with van der Waals surface area (Å²) in [6.45, 7) is 1.96. The first kappa shape index (κ1) is 16.7. The number of carboxylic acid groups (broad SMARTS) is 1. The molecular weight excluding hydrogens is 330 g/mol. The van der Waals surface area contributed by atoms with E-state index in [0.717, 1.165) is 11.3 Å². The Kier molecular flexibility index (Phi) is 4.45. The summed E-state index contributed by atoms with van der Waals surface area (Å²) >= 11 is 1.32. The van der Waals surface area contributed by atoms with E-state index in [2.05, 4.69) is 5.32 Å². The molecule has 3 rings (SSSR count). The molecule has 0 aromatic carbocycles. The van der Waals surface area contributed by atoms with E-state index in [9.17, 15) is 19.5 Å². The van der Waals surface area contributed by atoms with Crippen LogP contribution in [0.3, 0.4) is 0 Å². The predicted molar refractivity (Wildman–Crippen MR) is 89.0 cm³/mol. The second-order valence-electron chi connectivity index (χ2n) is 6.13. The van der Waals surface area contributed by atoms with Crippen molar-refractivity contribution >= 4 is 34.2 Å². The van der Waals surface area contributed by atoms with Gasteiger partial charge in [0.1, 0.15) is 5.00 Å². The maximum Gasteiger partial charge on any atom is 0.340 e. The zero-order chi connectivity index (χ0) is 17.4. The summed E-state index contributed by atoms with van der Waals surface area (Å²) in [5.74, 6) is -3.23. The highest BCUT2D eigenvalue weighted by atomic mass is 32.1. The van der Waals surface area contributed by atoms with Gasteiger partial charge in [0, 0.05) is 4.88 Å². The molecule has 7 heteroatoms. The van der Waals surface area contributed by atoms with Crippen molar-refractivity contribution < 1.29 is 24.2 Å². The lowest BCUT2D eigenvalue weighted by atomic mass is 9.82. The maximum absolute atomic E-state index is 12.7. The number of hydrogen-bond acceptors (Lipinski definition) is 5. The van der Waals surface area contributed by atoms with Crippen molar-refractivity contribution in [1.29, 1.82) is 0 Å². The van der Waals surface area contributed by atoms with Crippen LogP contribution in [-0.2, 0) is 20.7 Å². The zero-order valence-corrected chi connectivity index (χ0v) is 14.3. The van der Waals surface area contributed by atoms with Gasteiger partial charge in [0.2, 0.25) is 5.91 Å². The number of carboxylic acids is 1. The molecule has 2 bridgehead atoms. The molecule has 0 spiro atoms. The molecule has 1 heterocycles. The second-order valence-corrected chi connectivity index (χ2v) is 7.26. The molecule has 1 fully saturated rings. The number of rotatable bonds is 5. The minimum absolute atomic E-state index is 0.0525. The summed E-state index contributed by atoms with van der Waals surface area (Å²) < 4.78 is 4.76. The van der Waals surface area contributed by atoms with Gasteiger partial charge in [-0.25, -0.2) is 4.79 Å². The Balaban J connectivity index is 1.85. The fraction of sp³-hybridized carbons (Fsp3) is 0.471. The van der Waals surface area contributed by atoms with Gasteiger partial charge in [0.15, 0.2) is 0 Å². The first-order valence-corrected chi connectivity index (χ1v) is 8.70. The molecule has 6 nitrogen and oxygen atoms in total.